The average Bonchev–Trinajstić information content (AvgIpc) is 3.05. The number of carboxylic acids is 1. The summed E-state index contributed by atoms with van der Waals surface area (Å²) in [4.78, 5) is 21.7. The van der Waals surface area contributed by atoms with Crippen molar-refractivity contribution in [3.63, 3.8) is 0 Å². The highest BCUT2D eigenvalue weighted by atomic mass is 16.5. The number of aromatic carboxylic acids is 1. The predicted octanol–water partition coefficient (Wildman–Crippen LogP) is 2.77. The van der Waals surface area contributed by atoms with Gasteiger partial charge in [0.1, 0.15) is 0 Å². The maximum absolute atomic E-state index is 10.9. The second-order valence-electron chi connectivity index (χ2n) is 5.83. The minimum atomic E-state index is -0.966. The lowest BCUT2D eigenvalue weighted by Gasteiger charge is -2.14. The van der Waals surface area contributed by atoms with Gasteiger partial charge in [-0.2, -0.15) is 4.98 Å². The van der Waals surface area contributed by atoms with Crippen LogP contribution in [0.2, 0.25) is 0 Å². The van der Waals surface area contributed by atoms with Gasteiger partial charge in [0.25, 0.3) is 0 Å². The first-order chi connectivity index (χ1) is 12.0. The molecule has 0 unspecified atom stereocenters. The number of carboxylic acid groups (broad SMARTS) is 1. The molecule has 0 aliphatic carbocycles. The zero-order chi connectivity index (χ0) is 17.8. The third-order valence-electron chi connectivity index (χ3n) is 3.80. The fourth-order valence-corrected chi connectivity index (χ4v) is 2.42. The number of pyridine rings is 1. The number of benzene rings is 1. The van der Waals surface area contributed by atoms with Crippen LogP contribution in [0.1, 0.15) is 27.5 Å². The van der Waals surface area contributed by atoms with E-state index in [9.17, 15) is 4.79 Å². The van der Waals surface area contributed by atoms with Gasteiger partial charge >= 0.3 is 5.97 Å². The molecule has 0 radical (unpaired) electrons. The minimum absolute atomic E-state index is 0.220. The summed E-state index contributed by atoms with van der Waals surface area (Å²) in [5, 5.41) is 12.9. The molecule has 0 amide bonds. The molecule has 1 aromatic carbocycles. The SMILES string of the molecule is Cc1cccnc1CN(C)Cc1nc(-c2ccc(C(=O)O)cc2)no1. The quantitative estimate of drug-likeness (QED) is 0.738. The van der Waals surface area contributed by atoms with E-state index in [1.807, 2.05) is 31.0 Å². The van der Waals surface area contributed by atoms with Crippen LogP contribution in [0.15, 0.2) is 47.1 Å². The highest BCUT2D eigenvalue weighted by molar-refractivity contribution is 5.88. The highest BCUT2D eigenvalue weighted by Gasteiger charge is 2.13. The monoisotopic (exact) mass is 338 g/mol. The lowest BCUT2D eigenvalue weighted by Crippen LogP contribution is -2.18. The van der Waals surface area contributed by atoms with E-state index < -0.39 is 5.97 Å². The van der Waals surface area contributed by atoms with E-state index in [4.69, 9.17) is 9.63 Å². The zero-order valence-electron chi connectivity index (χ0n) is 14.0. The van der Waals surface area contributed by atoms with E-state index in [0.29, 0.717) is 30.4 Å². The van der Waals surface area contributed by atoms with E-state index in [-0.39, 0.29) is 5.56 Å². The Morgan fingerprint density at radius 3 is 2.64 bits per heavy atom. The van der Waals surface area contributed by atoms with Gasteiger partial charge in [-0.3, -0.25) is 9.88 Å². The second-order valence-corrected chi connectivity index (χ2v) is 5.83. The summed E-state index contributed by atoms with van der Waals surface area (Å²) in [5.74, 6) is -0.0328. The average molecular weight is 338 g/mol. The van der Waals surface area contributed by atoms with Gasteiger partial charge in [-0.25, -0.2) is 4.79 Å². The van der Waals surface area contributed by atoms with Crippen molar-refractivity contribution in [2.45, 2.75) is 20.0 Å². The van der Waals surface area contributed by atoms with Gasteiger partial charge in [-0.05, 0) is 37.7 Å². The molecule has 2 aromatic heterocycles. The molecule has 0 fully saturated rings. The number of carbonyl (C=O) groups is 1. The normalized spacial score (nSPS) is 11.0. The fraction of sp³-hybridized carbons (Fsp3) is 0.222. The number of hydrogen-bond donors (Lipinski definition) is 1. The number of aromatic nitrogens is 3. The van der Waals surface area contributed by atoms with E-state index in [1.54, 1.807) is 18.3 Å². The van der Waals surface area contributed by atoms with Gasteiger partial charge in [-0.15, -0.1) is 0 Å². The summed E-state index contributed by atoms with van der Waals surface area (Å²) in [6.45, 7) is 3.20. The van der Waals surface area contributed by atoms with Gasteiger partial charge in [0.15, 0.2) is 0 Å². The van der Waals surface area contributed by atoms with Crippen molar-refractivity contribution < 1.29 is 14.4 Å². The predicted molar refractivity (Wildman–Crippen MR) is 90.8 cm³/mol. The molecular weight excluding hydrogens is 320 g/mol. The number of aryl methyl sites for hydroxylation is 1. The van der Waals surface area contributed by atoms with Crippen molar-refractivity contribution in [3.05, 3.63) is 65.3 Å². The van der Waals surface area contributed by atoms with Crippen LogP contribution in [-0.4, -0.2) is 38.1 Å². The lowest BCUT2D eigenvalue weighted by atomic mass is 10.1. The Labute approximate surface area is 144 Å². The number of hydrogen-bond acceptors (Lipinski definition) is 6. The molecule has 0 atom stereocenters. The molecule has 7 nitrogen and oxygen atoms in total. The van der Waals surface area contributed by atoms with Crippen LogP contribution in [-0.2, 0) is 13.1 Å². The van der Waals surface area contributed by atoms with Crippen LogP contribution in [0.5, 0.6) is 0 Å². The smallest absolute Gasteiger partial charge is 0.335 e. The maximum Gasteiger partial charge on any atom is 0.335 e. The largest absolute Gasteiger partial charge is 0.478 e. The van der Waals surface area contributed by atoms with E-state index in [0.717, 1.165) is 11.3 Å². The topological polar surface area (TPSA) is 92.4 Å². The van der Waals surface area contributed by atoms with Gasteiger partial charge < -0.3 is 9.63 Å². The molecule has 128 valence electrons. The summed E-state index contributed by atoms with van der Waals surface area (Å²) in [6.07, 6.45) is 1.78. The van der Waals surface area contributed by atoms with Gasteiger partial charge in [0.05, 0.1) is 17.8 Å². The van der Waals surface area contributed by atoms with Crippen LogP contribution >= 0.6 is 0 Å². The van der Waals surface area contributed by atoms with Crippen LogP contribution in [0.3, 0.4) is 0 Å². The fourth-order valence-electron chi connectivity index (χ4n) is 2.42. The Kier molecular flexibility index (Phi) is 4.85. The molecule has 0 spiro atoms. The Balaban J connectivity index is 1.67. The molecule has 0 bridgehead atoms. The maximum atomic E-state index is 10.9. The van der Waals surface area contributed by atoms with E-state index in [2.05, 4.69) is 15.1 Å². The summed E-state index contributed by atoms with van der Waals surface area (Å²) in [6, 6.07) is 10.3. The molecule has 0 saturated carbocycles. The van der Waals surface area contributed by atoms with E-state index in [1.165, 1.54) is 12.1 Å². The molecule has 7 heteroatoms. The molecule has 2 heterocycles. The number of nitrogens with zero attached hydrogens (tertiary/aromatic N) is 4. The summed E-state index contributed by atoms with van der Waals surface area (Å²) in [5.41, 5.74) is 3.08. The Bertz CT molecular complexity index is 874. The first kappa shape index (κ1) is 16.8. The molecule has 1 N–H and O–H groups in total. The Hall–Kier alpha value is -3.06. The van der Waals surface area contributed by atoms with Crippen LogP contribution < -0.4 is 0 Å². The molecule has 0 aliphatic heterocycles. The molecular formula is C18H18N4O3. The van der Waals surface area contributed by atoms with Crippen molar-refractivity contribution in [3.8, 4) is 11.4 Å². The Morgan fingerprint density at radius 2 is 1.96 bits per heavy atom. The Morgan fingerprint density at radius 1 is 1.20 bits per heavy atom. The highest BCUT2D eigenvalue weighted by Crippen LogP contribution is 2.17. The second kappa shape index (κ2) is 7.23. The van der Waals surface area contributed by atoms with Crippen molar-refractivity contribution in [1.82, 2.24) is 20.0 Å². The zero-order valence-corrected chi connectivity index (χ0v) is 14.0. The first-order valence-corrected chi connectivity index (χ1v) is 7.78. The summed E-state index contributed by atoms with van der Waals surface area (Å²) < 4.78 is 5.30. The standard InChI is InChI=1S/C18H18N4O3/c1-12-4-3-9-19-15(12)10-22(2)11-16-20-17(21-25-16)13-5-7-14(8-6-13)18(23)24/h3-9H,10-11H2,1-2H3,(H,23,24). The summed E-state index contributed by atoms with van der Waals surface area (Å²) >= 11 is 0. The number of rotatable bonds is 6. The first-order valence-electron chi connectivity index (χ1n) is 7.78. The van der Waals surface area contributed by atoms with Crippen LogP contribution in [0.25, 0.3) is 11.4 Å². The summed E-state index contributed by atoms with van der Waals surface area (Å²) in [7, 11) is 1.96. The molecule has 0 aliphatic rings. The van der Waals surface area contributed by atoms with Crippen LogP contribution in [0.4, 0.5) is 0 Å². The van der Waals surface area contributed by atoms with Crippen molar-refractivity contribution in [1.29, 1.82) is 0 Å². The van der Waals surface area contributed by atoms with Gasteiger partial charge in [-0.1, -0.05) is 23.4 Å². The lowest BCUT2D eigenvalue weighted by molar-refractivity contribution is 0.0697. The van der Waals surface area contributed by atoms with Crippen LogP contribution in [0, 0.1) is 6.92 Å². The molecule has 0 saturated heterocycles. The minimum Gasteiger partial charge on any atom is -0.478 e. The molecule has 3 rings (SSSR count). The van der Waals surface area contributed by atoms with Gasteiger partial charge in [0, 0.05) is 18.3 Å². The molecule has 25 heavy (non-hydrogen) atoms. The van der Waals surface area contributed by atoms with Crippen molar-refractivity contribution in [2.24, 2.45) is 0 Å². The molecule has 3 aromatic rings. The van der Waals surface area contributed by atoms with Crippen molar-refractivity contribution in [2.75, 3.05) is 7.05 Å². The third kappa shape index (κ3) is 4.07. The van der Waals surface area contributed by atoms with Crippen molar-refractivity contribution >= 4 is 5.97 Å². The van der Waals surface area contributed by atoms with Gasteiger partial charge in [0.2, 0.25) is 11.7 Å². The third-order valence-corrected chi connectivity index (χ3v) is 3.80. The van der Waals surface area contributed by atoms with E-state index >= 15 is 0 Å².